The van der Waals surface area contributed by atoms with Gasteiger partial charge >= 0.3 is 5.97 Å². The number of hydrogen-bond acceptors (Lipinski definition) is 4. The van der Waals surface area contributed by atoms with E-state index in [1.54, 1.807) is 30.3 Å². The first kappa shape index (κ1) is 19.2. The van der Waals surface area contributed by atoms with Gasteiger partial charge in [0, 0.05) is 24.7 Å². The lowest BCUT2D eigenvalue weighted by atomic mass is 10.0. The number of rotatable bonds is 6. The van der Waals surface area contributed by atoms with Crippen molar-refractivity contribution < 1.29 is 23.1 Å². The molecule has 2 aromatic rings. The predicted molar refractivity (Wildman–Crippen MR) is 95.5 cm³/mol. The van der Waals surface area contributed by atoms with E-state index in [4.69, 9.17) is 21.4 Å². The molecule has 0 bridgehead atoms. The number of carboxylic acid groups (broad SMARTS) is 1. The van der Waals surface area contributed by atoms with Crippen molar-refractivity contribution in [1.82, 2.24) is 4.31 Å². The third-order valence-electron chi connectivity index (χ3n) is 3.54. The van der Waals surface area contributed by atoms with Crippen LogP contribution in [0, 0.1) is 0 Å². The van der Waals surface area contributed by atoms with Crippen LogP contribution in [0.2, 0.25) is 5.02 Å². The van der Waals surface area contributed by atoms with Crippen LogP contribution in [-0.4, -0.2) is 44.0 Å². The van der Waals surface area contributed by atoms with Crippen LogP contribution in [0.4, 0.5) is 0 Å². The first-order chi connectivity index (χ1) is 11.6. The van der Waals surface area contributed by atoms with E-state index in [0.717, 1.165) is 4.31 Å². The van der Waals surface area contributed by atoms with Gasteiger partial charge < -0.3 is 9.84 Å². The fourth-order valence-corrected chi connectivity index (χ4v) is 3.16. The van der Waals surface area contributed by atoms with Crippen LogP contribution in [0.25, 0.3) is 11.1 Å². The fraction of sp³-hybridized carbons (Fsp3) is 0.235. The molecule has 0 aliphatic rings. The summed E-state index contributed by atoms with van der Waals surface area (Å²) in [5.74, 6) is -0.740. The minimum atomic E-state index is -3.53. The molecular weight excluding hydrogens is 366 g/mol. The standard InChI is InChI=1S/C17H18ClNO5S/c1-11(17(20)21)24-16-9-6-13(18)10-15(16)12-4-7-14(8-5-12)25(22,23)19(2)3/h4-11H,1-3H3,(H,20,21)/t11-/m0/s1. The number of aliphatic carboxylic acids is 1. The van der Waals surface area contributed by atoms with E-state index in [2.05, 4.69) is 0 Å². The monoisotopic (exact) mass is 383 g/mol. The van der Waals surface area contributed by atoms with Crippen LogP contribution in [-0.2, 0) is 14.8 Å². The molecule has 0 saturated carbocycles. The Morgan fingerprint density at radius 1 is 1.16 bits per heavy atom. The second-order valence-electron chi connectivity index (χ2n) is 5.55. The van der Waals surface area contributed by atoms with Gasteiger partial charge in [0.1, 0.15) is 5.75 Å². The van der Waals surface area contributed by atoms with Gasteiger partial charge in [-0.25, -0.2) is 17.5 Å². The van der Waals surface area contributed by atoms with Crippen molar-refractivity contribution in [1.29, 1.82) is 0 Å². The van der Waals surface area contributed by atoms with Crippen LogP contribution in [0.3, 0.4) is 0 Å². The van der Waals surface area contributed by atoms with Gasteiger partial charge in [0.15, 0.2) is 6.10 Å². The highest BCUT2D eigenvalue weighted by Crippen LogP contribution is 2.34. The minimum absolute atomic E-state index is 0.157. The van der Waals surface area contributed by atoms with E-state index in [9.17, 15) is 13.2 Å². The molecule has 0 fully saturated rings. The van der Waals surface area contributed by atoms with E-state index >= 15 is 0 Å². The lowest BCUT2D eigenvalue weighted by molar-refractivity contribution is -0.144. The number of ether oxygens (including phenoxy) is 1. The molecule has 0 saturated heterocycles. The van der Waals surface area contributed by atoms with Gasteiger partial charge in [0.25, 0.3) is 0 Å². The average Bonchev–Trinajstić information content (AvgIpc) is 2.56. The van der Waals surface area contributed by atoms with E-state index in [0.29, 0.717) is 21.9 Å². The summed E-state index contributed by atoms with van der Waals surface area (Å²) in [6.07, 6.45) is -1.03. The van der Waals surface area contributed by atoms with Gasteiger partial charge in [-0.2, -0.15) is 0 Å². The molecule has 0 aliphatic carbocycles. The van der Waals surface area contributed by atoms with E-state index in [1.807, 2.05) is 0 Å². The second kappa shape index (κ2) is 7.43. The number of carbonyl (C=O) groups is 1. The van der Waals surface area contributed by atoms with E-state index in [-0.39, 0.29) is 4.90 Å². The van der Waals surface area contributed by atoms with Crippen LogP contribution >= 0.6 is 11.6 Å². The van der Waals surface area contributed by atoms with Crippen LogP contribution in [0.15, 0.2) is 47.4 Å². The minimum Gasteiger partial charge on any atom is -0.479 e. The number of carboxylic acids is 1. The Labute approximate surface area is 151 Å². The Hall–Kier alpha value is -2.09. The van der Waals surface area contributed by atoms with Gasteiger partial charge in [-0.05, 0) is 42.8 Å². The van der Waals surface area contributed by atoms with Crippen molar-refractivity contribution in [3.63, 3.8) is 0 Å². The molecule has 0 radical (unpaired) electrons. The molecule has 0 unspecified atom stereocenters. The summed E-state index contributed by atoms with van der Waals surface area (Å²) < 4.78 is 30.9. The first-order valence-corrected chi connectivity index (χ1v) is 9.16. The summed E-state index contributed by atoms with van der Waals surface area (Å²) in [5, 5.41) is 9.47. The maximum Gasteiger partial charge on any atom is 0.344 e. The molecule has 0 heterocycles. The van der Waals surface area contributed by atoms with Crippen molar-refractivity contribution in [2.24, 2.45) is 0 Å². The fourth-order valence-electron chi connectivity index (χ4n) is 2.09. The summed E-state index contributed by atoms with van der Waals surface area (Å²) in [6.45, 7) is 1.42. The number of hydrogen-bond donors (Lipinski definition) is 1. The molecule has 0 spiro atoms. The third-order valence-corrected chi connectivity index (χ3v) is 5.60. The normalized spacial score (nSPS) is 12.8. The van der Waals surface area contributed by atoms with Gasteiger partial charge in [0.2, 0.25) is 10.0 Å². The Balaban J connectivity index is 2.45. The largest absolute Gasteiger partial charge is 0.479 e. The topological polar surface area (TPSA) is 83.9 Å². The van der Waals surface area contributed by atoms with Crippen molar-refractivity contribution >= 4 is 27.6 Å². The first-order valence-electron chi connectivity index (χ1n) is 7.35. The van der Waals surface area contributed by atoms with Gasteiger partial charge in [0.05, 0.1) is 4.90 Å². The number of benzene rings is 2. The Kier molecular flexibility index (Phi) is 5.72. The maximum atomic E-state index is 12.1. The lowest BCUT2D eigenvalue weighted by Gasteiger charge is -2.16. The molecule has 1 atom stereocenters. The van der Waals surface area contributed by atoms with E-state index < -0.39 is 22.1 Å². The third kappa shape index (κ3) is 4.31. The molecule has 0 aromatic heterocycles. The summed E-state index contributed by atoms with van der Waals surface area (Å²) in [6, 6.07) is 11.0. The molecule has 2 rings (SSSR count). The highest BCUT2D eigenvalue weighted by atomic mass is 35.5. The van der Waals surface area contributed by atoms with Crippen molar-refractivity contribution in [2.75, 3.05) is 14.1 Å². The lowest BCUT2D eigenvalue weighted by Crippen LogP contribution is -2.23. The summed E-state index contributed by atoms with van der Waals surface area (Å²) in [7, 11) is -0.610. The second-order valence-corrected chi connectivity index (χ2v) is 8.14. The average molecular weight is 384 g/mol. The zero-order valence-electron chi connectivity index (χ0n) is 13.9. The van der Waals surface area contributed by atoms with Crippen LogP contribution in [0.5, 0.6) is 5.75 Å². The number of sulfonamides is 1. The van der Waals surface area contributed by atoms with Crippen molar-refractivity contribution in [3.8, 4) is 16.9 Å². The quantitative estimate of drug-likeness (QED) is 0.828. The summed E-state index contributed by atoms with van der Waals surface area (Å²) in [5.41, 5.74) is 1.24. The molecule has 1 N–H and O–H groups in total. The Bertz CT molecular complexity index is 878. The maximum absolute atomic E-state index is 12.1. The molecule has 25 heavy (non-hydrogen) atoms. The van der Waals surface area contributed by atoms with Crippen LogP contribution < -0.4 is 4.74 Å². The molecule has 2 aromatic carbocycles. The summed E-state index contributed by atoms with van der Waals surface area (Å²) >= 11 is 6.04. The number of nitrogens with zero attached hydrogens (tertiary/aromatic N) is 1. The summed E-state index contributed by atoms with van der Waals surface area (Å²) in [4.78, 5) is 11.2. The molecule has 134 valence electrons. The number of halogens is 1. The van der Waals surface area contributed by atoms with Crippen molar-refractivity contribution in [3.05, 3.63) is 47.5 Å². The van der Waals surface area contributed by atoms with Gasteiger partial charge in [-0.3, -0.25) is 0 Å². The Morgan fingerprint density at radius 3 is 2.28 bits per heavy atom. The highest BCUT2D eigenvalue weighted by Gasteiger charge is 2.19. The molecule has 6 nitrogen and oxygen atoms in total. The molecule has 0 amide bonds. The smallest absolute Gasteiger partial charge is 0.344 e. The van der Waals surface area contributed by atoms with Gasteiger partial charge in [-0.15, -0.1) is 0 Å². The highest BCUT2D eigenvalue weighted by molar-refractivity contribution is 7.89. The Morgan fingerprint density at radius 2 is 1.76 bits per heavy atom. The molecular formula is C17H18ClNO5S. The molecule has 8 heteroatoms. The van der Waals surface area contributed by atoms with Crippen LogP contribution in [0.1, 0.15) is 6.92 Å². The predicted octanol–water partition coefficient (Wildman–Crippen LogP) is 3.11. The zero-order valence-corrected chi connectivity index (χ0v) is 15.5. The molecule has 0 aliphatic heterocycles. The SMILES string of the molecule is C[C@H](Oc1ccc(Cl)cc1-c1ccc(S(=O)(=O)N(C)C)cc1)C(=O)O. The van der Waals surface area contributed by atoms with Gasteiger partial charge in [-0.1, -0.05) is 23.7 Å². The van der Waals surface area contributed by atoms with E-state index in [1.165, 1.54) is 33.2 Å². The zero-order chi connectivity index (χ0) is 18.8. The van der Waals surface area contributed by atoms with Crippen molar-refractivity contribution in [2.45, 2.75) is 17.9 Å².